The molecule has 0 aromatic heterocycles. The molecule has 8 heteroatoms. The quantitative estimate of drug-likeness (QED) is 0.848. The van der Waals surface area contributed by atoms with Crippen molar-refractivity contribution in [1.82, 2.24) is 4.31 Å². The van der Waals surface area contributed by atoms with Gasteiger partial charge in [0, 0.05) is 16.3 Å². The third-order valence-corrected chi connectivity index (χ3v) is 6.64. The fourth-order valence-electron chi connectivity index (χ4n) is 2.87. The molecule has 2 aromatic rings. The molecule has 3 rings (SSSR count). The van der Waals surface area contributed by atoms with Crippen molar-refractivity contribution < 1.29 is 18.0 Å². The number of nitrogens with zero attached hydrogens (tertiary/aromatic N) is 1. The van der Waals surface area contributed by atoms with Crippen LogP contribution in [0.3, 0.4) is 0 Å². The summed E-state index contributed by atoms with van der Waals surface area (Å²) >= 11 is 6.02. The van der Waals surface area contributed by atoms with Crippen LogP contribution < -0.4 is 5.32 Å². The molecule has 0 radical (unpaired) electrons. The van der Waals surface area contributed by atoms with Gasteiger partial charge in [-0.3, -0.25) is 9.59 Å². The fourth-order valence-corrected chi connectivity index (χ4v) is 4.82. The lowest BCUT2D eigenvalue weighted by Crippen LogP contribution is -2.38. The molecule has 1 N–H and O–H groups in total. The maximum Gasteiger partial charge on any atom is 0.268 e. The van der Waals surface area contributed by atoms with Crippen molar-refractivity contribution in [2.24, 2.45) is 0 Å². The number of amides is 2. The summed E-state index contributed by atoms with van der Waals surface area (Å²) in [6.45, 7) is 2.57. The predicted molar refractivity (Wildman–Crippen MR) is 104 cm³/mol. The minimum Gasteiger partial charge on any atom is -0.324 e. The van der Waals surface area contributed by atoms with Crippen LogP contribution in [0.5, 0.6) is 0 Å². The van der Waals surface area contributed by atoms with Crippen LogP contribution in [0, 0.1) is 6.92 Å². The molecule has 6 nitrogen and oxygen atoms in total. The first-order valence-corrected chi connectivity index (χ1v) is 9.93. The zero-order valence-corrected chi connectivity index (χ0v) is 16.3. The lowest BCUT2D eigenvalue weighted by atomic mass is 10.1. The molecule has 2 aromatic carbocycles. The Kier molecular flexibility index (Phi) is 5.08. The van der Waals surface area contributed by atoms with E-state index in [4.69, 9.17) is 11.6 Å². The fraction of sp³-hybridized carbons (Fsp3) is 0.158. The Morgan fingerprint density at radius 1 is 1.07 bits per heavy atom. The Hall–Kier alpha value is -2.64. The van der Waals surface area contributed by atoms with E-state index in [2.05, 4.69) is 5.32 Å². The Morgan fingerprint density at radius 3 is 2.41 bits per heavy atom. The van der Waals surface area contributed by atoms with Crippen LogP contribution >= 0.6 is 11.6 Å². The topological polar surface area (TPSA) is 83.6 Å². The molecule has 1 aliphatic rings. The van der Waals surface area contributed by atoms with Crippen molar-refractivity contribution in [2.75, 3.05) is 11.9 Å². The number of anilines is 1. The van der Waals surface area contributed by atoms with Crippen molar-refractivity contribution in [1.29, 1.82) is 0 Å². The van der Waals surface area contributed by atoms with Crippen LogP contribution in [-0.4, -0.2) is 31.1 Å². The minimum absolute atomic E-state index is 0.0696. The third-order valence-electron chi connectivity index (χ3n) is 4.30. The number of hydrogen-bond acceptors (Lipinski definition) is 4. The van der Waals surface area contributed by atoms with Gasteiger partial charge in [-0.05, 0) is 37.1 Å². The molecule has 0 saturated carbocycles. The zero-order chi connectivity index (χ0) is 19.8. The van der Waals surface area contributed by atoms with E-state index in [1.165, 1.54) is 6.92 Å². The second-order valence-corrected chi connectivity index (χ2v) is 8.30. The summed E-state index contributed by atoms with van der Waals surface area (Å²) in [6, 6.07) is 13.4. The van der Waals surface area contributed by atoms with Gasteiger partial charge in [-0.15, -0.1) is 0 Å². The van der Waals surface area contributed by atoms with E-state index >= 15 is 0 Å². The SMILES string of the molecule is CC1=C(c2ccccc2)S(=O)(=O)N(CC(=O)Nc2cccc(Cl)c2C)C1=O. The van der Waals surface area contributed by atoms with Crippen molar-refractivity contribution in [3.63, 3.8) is 0 Å². The van der Waals surface area contributed by atoms with Gasteiger partial charge in [-0.25, -0.2) is 12.7 Å². The molecule has 140 valence electrons. The van der Waals surface area contributed by atoms with E-state index in [-0.39, 0.29) is 10.5 Å². The van der Waals surface area contributed by atoms with Crippen LogP contribution in [0.15, 0.2) is 54.1 Å². The van der Waals surface area contributed by atoms with E-state index in [0.29, 0.717) is 26.1 Å². The zero-order valence-electron chi connectivity index (χ0n) is 14.7. The smallest absolute Gasteiger partial charge is 0.268 e. The van der Waals surface area contributed by atoms with E-state index in [0.717, 1.165) is 0 Å². The molecule has 0 unspecified atom stereocenters. The molecule has 2 amide bonds. The molecule has 0 saturated heterocycles. The average molecular weight is 405 g/mol. The first kappa shape index (κ1) is 19.1. The van der Waals surface area contributed by atoms with Gasteiger partial charge in [0.15, 0.2) is 0 Å². The maximum atomic E-state index is 12.9. The summed E-state index contributed by atoms with van der Waals surface area (Å²) in [5, 5.41) is 3.08. The highest BCUT2D eigenvalue weighted by Gasteiger charge is 2.43. The molecule has 0 fully saturated rings. The van der Waals surface area contributed by atoms with E-state index in [1.54, 1.807) is 55.5 Å². The summed E-state index contributed by atoms with van der Waals surface area (Å²) in [5.41, 5.74) is 1.62. The largest absolute Gasteiger partial charge is 0.324 e. The maximum absolute atomic E-state index is 12.9. The average Bonchev–Trinajstić information content (AvgIpc) is 2.79. The molecular weight excluding hydrogens is 388 g/mol. The molecule has 27 heavy (non-hydrogen) atoms. The summed E-state index contributed by atoms with van der Waals surface area (Å²) in [7, 11) is -4.11. The number of hydrogen-bond donors (Lipinski definition) is 1. The standard InChI is InChI=1S/C19H17ClN2O4S/c1-12-15(20)9-6-10-16(12)21-17(23)11-22-19(24)13(2)18(27(22,25)26)14-7-4-3-5-8-14/h3-10H,11H2,1-2H3,(H,21,23). The number of carbonyl (C=O) groups excluding carboxylic acids is 2. The predicted octanol–water partition coefficient (Wildman–Crippen LogP) is 3.19. The Morgan fingerprint density at radius 2 is 1.74 bits per heavy atom. The van der Waals surface area contributed by atoms with Gasteiger partial charge in [-0.2, -0.15) is 0 Å². The molecule has 0 bridgehead atoms. The Bertz CT molecular complexity index is 1060. The number of benzene rings is 2. The van der Waals surface area contributed by atoms with Gasteiger partial charge in [0.05, 0.1) is 0 Å². The van der Waals surface area contributed by atoms with Gasteiger partial charge in [0.25, 0.3) is 15.9 Å². The lowest BCUT2D eigenvalue weighted by molar-refractivity contribution is -0.126. The van der Waals surface area contributed by atoms with Crippen LogP contribution in [0.25, 0.3) is 4.91 Å². The van der Waals surface area contributed by atoms with Gasteiger partial charge in [0.2, 0.25) is 5.91 Å². The third kappa shape index (κ3) is 3.48. The Labute approximate surface area is 162 Å². The molecular formula is C19H17ClN2O4S. The minimum atomic E-state index is -4.11. The van der Waals surface area contributed by atoms with Crippen LogP contribution in [-0.2, 0) is 19.6 Å². The number of carbonyl (C=O) groups is 2. The normalized spacial score (nSPS) is 16.0. The highest BCUT2D eigenvalue weighted by Crippen LogP contribution is 2.35. The molecule has 1 aliphatic heterocycles. The van der Waals surface area contributed by atoms with Crippen molar-refractivity contribution in [3.05, 3.63) is 70.3 Å². The number of nitrogens with one attached hydrogen (secondary N) is 1. The lowest BCUT2D eigenvalue weighted by Gasteiger charge is -2.17. The van der Waals surface area contributed by atoms with E-state index < -0.39 is 28.4 Å². The summed E-state index contributed by atoms with van der Waals surface area (Å²) in [6.07, 6.45) is 0. The summed E-state index contributed by atoms with van der Waals surface area (Å²) < 4.78 is 26.3. The van der Waals surface area contributed by atoms with Gasteiger partial charge in [-0.1, -0.05) is 48.0 Å². The highest BCUT2D eigenvalue weighted by atomic mass is 35.5. The van der Waals surface area contributed by atoms with Gasteiger partial charge < -0.3 is 5.32 Å². The van der Waals surface area contributed by atoms with Crippen molar-refractivity contribution in [2.45, 2.75) is 13.8 Å². The van der Waals surface area contributed by atoms with Crippen molar-refractivity contribution >= 4 is 44.0 Å². The van der Waals surface area contributed by atoms with Crippen LogP contribution in [0.4, 0.5) is 5.69 Å². The first-order chi connectivity index (χ1) is 12.7. The van der Waals surface area contributed by atoms with Crippen LogP contribution in [0.1, 0.15) is 18.1 Å². The van der Waals surface area contributed by atoms with Gasteiger partial charge in [0.1, 0.15) is 11.4 Å². The monoisotopic (exact) mass is 404 g/mol. The molecule has 0 atom stereocenters. The second kappa shape index (κ2) is 7.17. The summed E-state index contributed by atoms with van der Waals surface area (Å²) in [4.78, 5) is 24.8. The van der Waals surface area contributed by atoms with Crippen molar-refractivity contribution in [3.8, 4) is 0 Å². The van der Waals surface area contributed by atoms with Gasteiger partial charge >= 0.3 is 0 Å². The molecule has 1 heterocycles. The Balaban J connectivity index is 1.85. The molecule has 0 spiro atoms. The highest BCUT2D eigenvalue weighted by molar-refractivity contribution is 7.99. The number of halogens is 1. The molecule has 0 aliphatic carbocycles. The second-order valence-electron chi connectivity index (χ2n) is 6.10. The summed E-state index contributed by atoms with van der Waals surface area (Å²) in [5.74, 6) is -1.33. The van der Waals surface area contributed by atoms with E-state index in [9.17, 15) is 18.0 Å². The number of rotatable bonds is 4. The van der Waals surface area contributed by atoms with E-state index in [1.807, 2.05) is 0 Å². The van der Waals surface area contributed by atoms with Crippen LogP contribution in [0.2, 0.25) is 5.02 Å². The number of sulfonamides is 1. The first-order valence-electron chi connectivity index (χ1n) is 8.12.